The number of benzene rings is 1. The molecule has 0 aliphatic carbocycles. The molecule has 4 heterocycles. The van der Waals surface area contributed by atoms with E-state index < -0.39 is 11.7 Å². The molecule has 7 nitrogen and oxygen atoms in total. The van der Waals surface area contributed by atoms with Gasteiger partial charge in [0.25, 0.3) is 0 Å². The molecule has 2 fully saturated rings. The Hall–Kier alpha value is -2.66. The summed E-state index contributed by atoms with van der Waals surface area (Å²) in [6.07, 6.45) is -0.144. The van der Waals surface area contributed by atoms with E-state index in [0.29, 0.717) is 46.1 Å². The van der Waals surface area contributed by atoms with Crippen LogP contribution in [0.2, 0.25) is 0 Å². The molecular weight excluding hydrogens is 489 g/mol. The normalized spacial score (nSPS) is 19.3. The quantitative estimate of drug-likeness (QED) is 0.489. The van der Waals surface area contributed by atoms with Crippen molar-refractivity contribution in [1.82, 2.24) is 20.3 Å². The standard InChI is InChI=1S/C21H20BrF3N6O/c22-17-15(31-7-1-2-16(31)32)4-3-12-13(9-27-19(12)17)18-14(21(23,24)25)10-28-20(30-18)29-11-5-6-26-8-11/h3-4,9-11,26-27H,1-2,5-8H2,(H,28,29,30)/t11-/m0/s1. The van der Waals surface area contributed by atoms with Gasteiger partial charge >= 0.3 is 6.18 Å². The highest BCUT2D eigenvalue weighted by atomic mass is 79.9. The molecule has 0 unspecified atom stereocenters. The van der Waals surface area contributed by atoms with Crippen LogP contribution in [0.15, 0.2) is 29.0 Å². The average molecular weight is 509 g/mol. The Kier molecular flexibility index (Phi) is 5.32. The summed E-state index contributed by atoms with van der Waals surface area (Å²) in [5, 5.41) is 6.89. The number of rotatable bonds is 4. The largest absolute Gasteiger partial charge is 0.419 e. The molecule has 2 saturated heterocycles. The number of nitrogens with zero attached hydrogens (tertiary/aromatic N) is 3. The lowest BCUT2D eigenvalue weighted by atomic mass is 10.1. The molecule has 0 bridgehead atoms. The molecule has 2 aliphatic rings. The van der Waals surface area contributed by atoms with E-state index in [-0.39, 0.29) is 23.6 Å². The van der Waals surface area contributed by atoms with E-state index in [4.69, 9.17) is 0 Å². The highest BCUT2D eigenvalue weighted by Crippen LogP contribution is 2.42. The second-order valence-corrected chi connectivity index (χ2v) is 8.75. The van der Waals surface area contributed by atoms with E-state index in [9.17, 15) is 18.0 Å². The van der Waals surface area contributed by atoms with E-state index in [1.807, 2.05) is 0 Å². The van der Waals surface area contributed by atoms with Crippen LogP contribution in [0, 0.1) is 0 Å². The summed E-state index contributed by atoms with van der Waals surface area (Å²) in [7, 11) is 0. The summed E-state index contributed by atoms with van der Waals surface area (Å²) in [6, 6.07) is 3.55. The maximum atomic E-state index is 13.8. The molecule has 1 atom stereocenters. The van der Waals surface area contributed by atoms with Gasteiger partial charge in [0.15, 0.2) is 0 Å². The molecule has 1 amide bonds. The van der Waals surface area contributed by atoms with Crippen LogP contribution in [-0.4, -0.2) is 46.5 Å². The van der Waals surface area contributed by atoms with E-state index in [2.05, 4.69) is 41.5 Å². The summed E-state index contributed by atoms with van der Waals surface area (Å²) < 4.78 is 42.0. The number of hydrogen-bond donors (Lipinski definition) is 3. The first-order chi connectivity index (χ1) is 15.3. The lowest BCUT2D eigenvalue weighted by Gasteiger charge is -2.18. The third-order valence-electron chi connectivity index (χ3n) is 5.88. The van der Waals surface area contributed by atoms with Gasteiger partial charge in [-0.3, -0.25) is 4.79 Å². The number of H-pyrrole nitrogens is 1. The van der Waals surface area contributed by atoms with Crippen molar-refractivity contribution in [3.63, 3.8) is 0 Å². The fourth-order valence-corrected chi connectivity index (χ4v) is 4.96. The van der Waals surface area contributed by atoms with Crippen LogP contribution in [0.5, 0.6) is 0 Å². The van der Waals surface area contributed by atoms with Crippen LogP contribution in [0.3, 0.4) is 0 Å². The minimum Gasteiger partial charge on any atom is -0.360 e. The Morgan fingerprint density at radius 1 is 1.28 bits per heavy atom. The molecule has 0 saturated carbocycles. The van der Waals surface area contributed by atoms with Crippen molar-refractivity contribution >= 4 is 44.4 Å². The second-order valence-electron chi connectivity index (χ2n) is 7.96. The molecule has 2 aliphatic heterocycles. The first kappa shape index (κ1) is 21.2. The first-order valence-electron chi connectivity index (χ1n) is 10.3. The maximum absolute atomic E-state index is 13.8. The smallest absolute Gasteiger partial charge is 0.360 e. The molecule has 11 heteroatoms. The molecule has 3 aromatic rings. The SMILES string of the molecule is O=C1CCCN1c1ccc2c(-c3nc(N[C@H]4CCNC4)ncc3C(F)(F)F)c[nH]c2c1Br. The van der Waals surface area contributed by atoms with Crippen LogP contribution >= 0.6 is 15.9 Å². The zero-order valence-electron chi connectivity index (χ0n) is 16.9. The van der Waals surface area contributed by atoms with E-state index >= 15 is 0 Å². The number of halogens is 4. The predicted molar refractivity (Wildman–Crippen MR) is 119 cm³/mol. The number of carbonyl (C=O) groups is 1. The van der Waals surface area contributed by atoms with E-state index in [0.717, 1.165) is 25.6 Å². The summed E-state index contributed by atoms with van der Waals surface area (Å²) in [5.41, 5.74) is 0.538. The Morgan fingerprint density at radius 3 is 2.81 bits per heavy atom. The number of anilines is 2. The van der Waals surface area contributed by atoms with Gasteiger partial charge < -0.3 is 20.5 Å². The third kappa shape index (κ3) is 3.73. The molecule has 168 valence electrons. The number of amides is 1. The molecule has 32 heavy (non-hydrogen) atoms. The number of carbonyl (C=O) groups excluding carboxylic acids is 1. The monoisotopic (exact) mass is 508 g/mol. The zero-order valence-corrected chi connectivity index (χ0v) is 18.5. The Bertz CT molecular complexity index is 1190. The fourth-order valence-electron chi connectivity index (χ4n) is 4.28. The zero-order chi connectivity index (χ0) is 22.5. The molecule has 0 spiro atoms. The number of fused-ring (bicyclic) bond motifs is 1. The maximum Gasteiger partial charge on any atom is 0.419 e. The van der Waals surface area contributed by atoms with Crippen LogP contribution in [0.4, 0.5) is 24.8 Å². The van der Waals surface area contributed by atoms with Gasteiger partial charge in [-0.1, -0.05) is 0 Å². The summed E-state index contributed by atoms with van der Waals surface area (Å²) >= 11 is 3.54. The lowest BCUT2D eigenvalue weighted by Crippen LogP contribution is -2.24. The molecule has 2 aromatic heterocycles. The van der Waals surface area contributed by atoms with Crippen molar-refractivity contribution in [3.8, 4) is 11.3 Å². The predicted octanol–water partition coefficient (Wildman–Crippen LogP) is 4.31. The van der Waals surface area contributed by atoms with Gasteiger partial charge in [0.2, 0.25) is 11.9 Å². The molecular formula is C21H20BrF3N6O. The second kappa shape index (κ2) is 8.04. The minimum absolute atomic E-state index is 0.0316. The summed E-state index contributed by atoms with van der Waals surface area (Å²) in [5.74, 6) is 0.193. The van der Waals surface area contributed by atoms with Crippen LogP contribution in [0.25, 0.3) is 22.2 Å². The van der Waals surface area contributed by atoms with Gasteiger partial charge in [-0.05, 0) is 47.4 Å². The van der Waals surface area contributed by atoms with Crippen molar-refractivity contribution in [3.05, 3.63) is 34.6 Å². The van der Waals surface area contributed by atoms with Crippen LogP contribution in [0.1, 0.15) is 24.8 Å². The first-order valence-corrected chi connectivity index (χ1v) is 11.1. The van der Waals surface area contributed by atoms with Gasteiger partial charge in [0, 0.05) is 48.9 Å². The Balaban J connectivity index is 1.60. The fraction of sp³-hybridized carbons (Fsp3) is 0.381. The van der Waals surface area contributed by atoms with Crippen molar-refractivity contribution in [1.29, 1.82) is 0 Å². The van der Waals surface area contributed by atoms with Crippen LogP contribution in [-0.2, 0) is 11.0 Å². The van der Waals surface area contributed by atoms with E-state index in [1.54, 1.807) is 17.0 Å². The number of alkyl halides is 3. The number of aromatic nitrogens is 3. The molecule has 1 aromatic carbocycles. The highest BCUT2D eigenvalue weighted by molar-refractivity contribution is 9.10. The van der Waals surface area contributed by atoms with Crippen molar-refractivity contribution in [2.24, 2.45) is 0 Å². The van der Waals surface area contributed by atoms with Gasteiger partial charge in [0.1, 0.15) is 5.56 Å². The third-order valence-corrected chi connectivity index (χ3v) is 6.68. The van der Waals surface area contributed by atoms with Crippen molar-refractivity contribution < 1.29 is 18.0 Å². The summed E-state index contributed by atoms with van der Waals surface area (Å²) in [4.78, 5) is 25.1. The molecule has 0 radical (unpaired) electrons. The topological polar surface area (TPSA) is 85.9 Å². The highest BCUT2D eigenvalue weighted by Gasteiger charge is 2.36. The number of nitrogens with one attached hydrogen (secondary N) is 3. The number of hydrogen-bond acceptors (Lipinski definition) is 5. The number of aromatic amines is 1. The molecule has 5 rings (SSSR count). The van der Waals surface area contributed by atoms with Gasteiger partial charge in [0.05, 0.1) is 21.4 Å². The van der Waals surface area contributed by atoms with Crippen molar-refractivity contribution in [2.45, 2.75) is 31.5 Å². The van der Waals surface area contributed by atoms with E-state index in [1.165, 1.54) is 6.20 Å². The van der Waals surface area contributed by atoms with Crippen molar-refractivity contribution in [2.75, 3.05) is 29.9 Å². The van der Waals surface area contributed by atoms with Gasteiger partial charge in [-0.25, -0.2) is 9.97 Å². The molecule has 3 N–H and O–H groups in total. The Labute approximate surface area is 189 Å². The summed E-state index contributed by atoms with van der Waals surface area (Å²) in [6.45, 7) is 2.16. The Morgan fingerprint density at radius 2 is 2.12 bits per heavy atom. The van der Waals surface area contributed by atoms with Gasteiger partial charge in [-0.2, -0.15) is 13.2 Å². The van der Waals surface area contributed by atoms with Crippen LogP contribution < -0.4 is 15.5 Å². The van der Waals surface area contributed by atoms with Gasteiger partial charge in [-0.15, -0.1) is 0 Å². The average Bonchev–Trinajstić information content (AvgIpc) is 3.49. The minimum atomic E-state index is -4.61. The lowest BCUT2D eigenvalue weighted by molar-refractivity contribution is -0.137.